The van der Waals surface area contributed by atoms with Crippen molar-refractivity contribution in [1.29, 1.82) is 0 Å². The number of benzene rings is 2. The molecule has 0 fully saturated rings. The lowest BCUT2D eigenvalue weighted by Crippen LogP contribution is -2.14. The van der Waals surface area contributed by atoms with E-state index in [1.807, 2.05) is 18.2 Å². The lowest BCUT2D eigenvalue weighted by Gasteiger charge is -2.12. The Bertz CT molecular complexity index is 557. The molecule has 0 aromatic heterocycles. The number of anilines is 1. The number of hydrogen-bond acceptors (Lipinski definition) is 1. The van der Waals surface area contributed by atoms with Gasteiger partial charge in [-0.25, -0.2) is 0 Å². The lowest BCUT2D eigenvalue weighted by atomic mass is 10.1. The minimum atomic E-state index is 0.893. The van der Waals surface area contributed by atoms with Crippen molar-refractivity contribution in [3.63, 3.8) is 0 Å². The molecule has 0 radical (unpaired) electrons. The minimum Gasteiger partial charge on any atom is -0.340 e. The summed E-state index contributed by atoms with van der Waals surface area (Å²) < 4.78 is 0. The molecule has 2 aromatic carbocycles. The molecule has 0 aliphatic heterocycles. The summed E-state index contributed by atoms with van der Waals surface area (Å²) in [7, 11) is 1.81. The molecule has 0 atom stereocenters. The highest BCUT2D eigenvalue weighted by Crippen LogP contribution is 2.17. The fourth-order valence-electron chi connectivity index (χ4n) is 1.85. The molecule has 2 nitrogen and oxygen atoms in total. The predicted molar refractivity (Wildman–Crippen MR) is 78.4 cm³/mol. The SMILES string of the molecule is CN=C(Nc1cc(C)ccc1C)c1ccccc1. The van der Waals surface area contributed by atoms with E-state index in [4.69, 9.17) is 0 Å². The van der Waals surface area contributed by atoms with Crippen LogP contribution in [0.1, 0.15) is 16.7 Å². The molecule has 0 amide bonds. The predicted octanol–water partition coefficient (Wildman–Crippen LogP) is 3.79. The second kappa shape index (κ2) is 5.50. The first-order valence-electron chi connectivity index (χ1n) is 6.07. The van der Waals surface area contributed by atoms with Gasteiger partial charge in [0.05, 0.1) is 0 Å². The van der Waals surface area contributed by atoms with Crippen LogP contribution in [0.2, 0.25) is 0 Å². The molecule has 0 spiro atoms. The lowest BCUT2D eigenvalue weighted by molar-refractivity contribution is 1.36. The largest absolute Gasteiger partial charge is 0.340 e. The summed E-state index contributed by atoms with van der Waals surface area (Å²) in [6.07, 6.45) is 0. The molecule has 0 aliphatic carbocycles. The van der Waals surface area contributed by atoms with Crippen LogP contribution in [0.5, 0.6) is 0 Å². The minimum absolute atomic E-state index is 0.893. The first-order valence-corrected chi connectivity index (χ1v) is 6.07. The Balaban J connectivity index is 2.30. The van der Waals surface area contributed by atoms with Crippen LogP contribution in [0.3, 0.4) is 0 Å². The van der Waals surface area contributed by atoms with E-state index in [9.17, 15) is 0 Å². The van der Waals surface area contributed by atoms with Gasteiger partial charge in [0, 0.05) is 18.3 Å². The van der Waals surface area contributed by atoms with Crippen molar-refractivity contribution in [2.24, 2.45) is 4.99 Å². The average molecular weight is 238 g/mol. The third-order valence-electron chi connectivity index (χ3n) is 2.92. The third-order valence-corrected chi connectivity index (χ3v) is 2.92. The average Bonchev–Trinajstić information content (AvgIpc) is 2.41. The van der Waals surface area contributed by atoms with Crippen LogP contribution in [0.25, 0.3) is 0 Å². The third kappa shape index (κ3) is 2.77. The molecule has 2 rings (SSSR count). The van der Waals surface area contributed by atoms with Gasteiger partial charge in [0.1, 0.15) is 5.84 Å². The van der Waals surface area contributed by atoms with E-state index in [-0.39, 0.29) is 0 Å². The van der Waals surface area contributed by atoms with Crippen LogP contribution in [-0.2, 0) is 0 Å². The molecule has 0 unspecified atom stereocenters. The first-order chi connectivity index (χ1) is 8.70. The van der Waals surface area contributed by atoms with E-state index < -0.39 is 0 Å². The quantitative estimate of drug-likeness (QED) is 0.624. The Hall–Kier alpha value is -2.09. The number of rotatable bonds is 2. The van der Waals surface area contributed by atoms with Crippen LogP contribution >= 0.6 is 0 Å². The van der Waals surface area contributed by atoms with Crippen molar-refractivity contribution in [2.45, 2.75) is 13.8 Å². The number of aliphatic imine (C=N–C) groups is 1. The van der Waals surface area contributed by atoms with Gasteiger partial charge in [0.25, 0.3) is 0 Å². The van der Waals surface area contributed by atoms with Crippen LogP contribution in [-0.4, -0.2) is 12.9 Å². The summed E-state index contributed by atoms with van der Waals surface area (Å²) in [5.74, 6) is 0.893. The van der Waals surface area contributed by atoms with Gasteiger partial charge in [-0.2, -0.15) is 0 Å². The van der Waals surface area contributed by atoms with E-state index in [2.05, 4.69) is 54.5 Å². The Morgan fingerprint density at radius 3 is 2.39 bits per heavy atom. The molecule has 0 saturated carbocycles. The van der Waals surface area contributed by atoms with Gasteiger partial charge in [-0.05, 0) is 31.0 Å². The van der Waals surface area contributed by atoms with Gasteiger partial charge in [-0.15, -0.1) is 0 Å². The van der Waals surface area contributed by atoms with E-state index >= 15 is 0 Å². The Morgan fingerprint density at radius 1 is 1.00 bits per heavy atom. The zero-order valence-electron chi connectivity index (χ0n) is 11.1. The highest BCUT2D eigenvalue weighted by atomic mass is 15.0. The Labute approximate surface area is 108 Å². The zero-order chi connectivity index (χ0) is 13.0. The van der Waals surface area contributed by atoms with E-state index in [1.165, 1.54) is 11.1 Å². The summed E-state index contributed by atoms with van der Waals surface area (Å²) in [5, 5.41) is 3.40. The van der Waals surface area contributed by atoms with Gasteiger partial charge in [0.15, 0.2) is 0 Å². The number of amidine groups is 1. The normalized spacial score (nSPS) is 11.4. The highest BCUT2D eigenvalue weighted by Gasteiger charge is 2.04. The summed E-state index contributed by atoms with van der Waals surface area (Å²) in [6, 6.07) is 16.5. The maximum atomic E-state index is 4.33. The van der Waals surface area contributed by atoms with Crippen molar-refractivity contribution < 1.29 is 0 Å². The van der Waals surface area contributed by atoms with Crippen LogP contribution in [0.15, 0.2) is 53.5 Å². The standard InChI is InChI=1S/C16H18N2/c1-12-9-10-13(2)15(11-12)18-16(17-3)14-7-5-4-6-8-14/h4-11H,1-3H3,(H,17,18). The Kier molecular flexibility index (Phi) is 3.78. The van der Waals surface area contributed by atoms with Crippen molar-refractivity contribution in [3.8, 4) is 0 Å². The van der Waals surface area contributed by atoms with Gasteiger partial charge in [-0.1, -0.05) is 42.5 Å². The van der Waals surface area contributed by atoms with Crippen molar-refractivity contribution in [2.75, 3.05) is 12.4 Å². The smallest absolute Gasteiger partial charge is 0.132 e. The molecule has 2 heteroatoms. The molecular formula is C16H18N2. The number of aryl methyl sites for hydroxylation is 2. The maximum Gasteiger partial charge on any atom is 0.132 e. The summed E-state index contributed by atoms with van der Waals surface area (Å²) >= 11 is 0. The fraction of sp³-hybridized carbons (Fsp3) is 0.188. The van der Waals surface area contributed by atoms with Crippen LogP contribution < -0.4 is 5.32 Å². The fourth-order valence-corrected chi connectivity index (χ4v) is 1.85. The van der Waals surface area contributed by atoms with E-state index in [1.54, 1.807) is 7.05 Å². The molecule has 0 bridgehead atoms. The van der Waals surface area contributed by atoms with Gasteiger partial charge in [-0.3, -0.25) is 4.99 Å². The zero-order valence-corrected chi connectivity index (χ0v) is 11.1. The topological polar surface area (TPSA) is 24.4 Å². The van der Waals surface area contributed by atoms with Crippen LogP contribution in [0, 0.1) is 13.8 Å². The van der Waals surface area contributed by atoms with Crippen molar-refractivity contribution in [1.82, 2.24) is 0 Å². The van der Waals surface area contributed by atoms with Crippen LogP contribution in [0.4, 0.5) is 5.69 Å². The van der Waals surface area contributed by atoms with Gasteiger partial charge in [0.2, 0.25) is 0 Å². The molecule has 18 heavy (non-hydrogen) atoms. The first kappa shape index (κ1) is 12.4. The number of hydrogen-bond donors (Lipinski definition) is 1. The second-order valence-electron chi connectivity index (χ2n) is 4.38. The van der Waals surface area contributed by atoms with E-state index in [0.29, 0.717) is 0 Å². The van der Waals surface area contributed by atoms with Gasteiger partial charge >= 0.3 is 0 Å². The monoisotopic (exact) mass is 238 g/mol. The second-order valence-corrected chi connectivity index (χ2v) is 4.38. The number of nitrogens with zero attached hydrogens (tertiary/aromatic N) is 1. The van der Waals surface area contributed by atoms with Crippen molar-refractivity contribution in [3.05, 3.63) is 65.2 Å². The Morgan fingerprint density at radius 2 is 1.72 bits per heavy atom. The molecular weight excluding hydrogens is 220 g/mol. The molecule has 0 heterocycles. The van der Waals surface area contributed by atoms with Gasteiger partial charge < -0.3 is 5.32 Å². The summed E-state index contributed by atoms with van der Waals surface area (Å²) in [5.41, 5.74) is 4.67. The highest BCUT2D eigenvalue weighted by molar-refractivity contribution is 6.08. The summed E-state index contributed by atoms with van der Waals surface area (Å²) in [6.45, 7) is 4.19. The summed E-state index contributed by atoms with van der Waals surface area (Å²) in [4.78, 5) is 4.33. The molecule has 0 aliphatic rings. The molecule has 0 saturated heterocycles. The molecule has 1 N–H and O–H groups in total. The number of nitrogens with one attached hydrogen (secondary N) is 1. The molecule has 2 aromatic rings. The van der Waals surface area contributed by atoms with Crippen molar-refractivity contribution >= 4 is 11.5 Å². The van der Waals surface area contributed by atoms with E-state index in [0.717, 1.165) is 17.1 Å². The maximum absolute atomic E-state index is 4.33. The molecule has 92 valence electrons.